The lowest BCUT2D eigenvalue weighted by Gasteiger charge is -2.34. The average molecular weight is 212 g/mol. The van der Waals surface area contributed by atoms with E-state index in [2.05, 4.69) is 10.2 Å². The Morgan fingerprint density at radius 3 is 2.67 bits per heavy atom. The van der Waals surface area contributed by atoms with Gasteiger partial charge < -0.3 is 10.1 Å². The maximum Gasteiger partial charge on any atom is 0.323 e. The molecular formula is C11H20N2O2. The van der Waals surface area contributed by atoms with Crippen LogP contribution in [0.4, 0.5) is 0 Å². The Kier molecular flexibility index (Phi) is 3.59. The first-order chi connectivity index (χ1) is 7.31. The van der Waals surface area contributed by atoms with Crippen LogP contribution in [-0.4, -0.2) is 50.2 Å². The molecule has 0 aromatic carbocycles. The first-order valence-electron chi connectivity index (χ1n) is 5.86. The molecule has 0 saturated carbocycles. The van der Waals surface area contributed by atoms with Gasteiger partial charge in [0, 0.05) is 6.42 Å². The molecule has 0 bridgehead atoms. The first-order valence-corrected chi connectivity index (χ1v) is 5.86. The van der Waals surface area contributed by atoms with Crippen molar-refractivity contribution < 1.29 is 9.53 Å². The molecule has 2 heterocycles. The van der Waals surface area contributed by atoms with Gasteiger partial charge in [-0.1, -0.05) is 0 Å². The summed E-state index contributed by atoms with van der Waals surface area (Å²) in [7, 11) is 2.00. The Bertz CT molecular complexity index is 225. The SMILES string of the molecule is CNCC1CCN(C2CCOC2=O)CC1. The Labute approximate surface area is 91.0 Å². The van der Waals surface area contributed by atoms with Crippen LogP contribution in [0.2, 0.25) is 0 Å². The number of rotatable bonds is 3. The summed E-state index contributed by atoms with van der Waals surface area (Å²) in [5.74, 6) is 0.769. The van der Waals surface area contributed by atoms with E-state index in [-0.39, 0.29) is 12.0 Å². The highest BCUT2D eigenvalue weighted by Crippen LogP contribution is 2.22. The van der Waals surface area contributed by atoms with Crippen molar-refractivity contribution in [1.29, 1.82) is 0 Å². The fourth-order valence-corrected chi connectivity index (χ4v) is 2.57. The van der Waals surface area contributed by atoms with Gasteiger partial charge in [0.05, 0.1) is 6.61 Å². The third-order valence-corrected chi connectivity index (χ3v) is 3.49. The number of nitrogens with one attached hydrogen (secondary N) is 1. The molecule has 1 atom stereocenters. The molecule has 4 nitrogen and oxygen atoms in total. The van der Waals surface area contributed by atoms with E-state index in [1.165, 1.54) is 12.8 Å². The standard InChI is InChI=1S/C11H20N2O2/c1-12-8-9-2-5-13(6-3-9)10-4-7-15-11(10)14/h9-10,12H,2-8H2,1H3. The van der Waals surface area contributed by atoms with Gasteiger partial charge in [-0.2, -0.15) is 0 Å². The second-order valence-electron chi connectivity index (χ2n) is 4.51. The highest BCUT2D eigenvalue weighted by Gasteiger charge is 2.34. The molecular weight excluding hydrogens is 192 g/mol. The molecule has 2 fully saturated rings. The lowest BCUT2D eigenvalue weighted by atomic mass is 9.95. The van der Waals surface area contributed by atoms with Crippen LogP contribution in [0.5, 0.6) is 0 Å². The van der Waals surface area contributed by atoms with Gasteiger partial charge in [0.2, 0.25) is 0 Å². The lowest BCUT2D eigenvalue weighted by Crippen LogP contribution is -2.44. The monoisotopic (exact) mass is 212 g/mol. The first kappa shape index (κ1) is 10.9. The number of ether oxygens (including phenoxy) is 1. The van der Waals surface area contributed by atoms with Crippen LogP contribution in [0.15, 0.2) is 0 Å². The fraction of sp³-hybridized carbons (Fsp3) is 0.909. The number of nitrogens with zero attached hydrogens (tertiary/aromatic N) is 1. The molecule has 2 aliphatic heterocycles. The summed E-state index contributed by atoms with van der Waals surface area (Å²) in [5, 5.41) is 3.22. The Balaban J connectivity index is 1.80. The lowest BCUT2D eigenvalue weighted by molar-refractivity contribution is -0.142. The Hall–Kier alpha value is -0.610. The average Bonchev–Trinajstić information content (AvgIpc) is 2.66. The highest BCUT2D eigenvalue weighted by molar-refractivity contribution is 5.77. The van der Waals surface area contributed by atoms with Crippen molar-refractivity contribution in [1.82, 2.24) is 10.2 Å². The summed E-state index contributed by atoms with van der Waals surface area (Å²) in [4.78, 5) is 13.7. The van der Waals surface area contributed by atoms with Crippen molar-refractivity contribution in [3.63, 3.8) is 0 Å². The molecule has 1 unspecified atom stereocenters. The van der Waals surface area contributed by atoms with E-state index in [1.54, 1.807) is 0 Å². The molecule has 15 heavy (non-hydrogen) atoms. The predicted octanol–water partition coefficient (Wildman–Crippen LogP) is 0.233. The number of esters is 1. The van der Waals surface area contributed by atoms with E-state index in [4.69, 9.17) is 4.74 Å². The quantitative estimate of drug-likeness (QED) is 0.680. The van der Waals surface area contributed by atoms with Crippen molar-refractivity contribution in [2.24, 2.45) is 5.92 Å². The molecule has 0 spiro atoms. The number of carbonyl (C=O) groups is 1. The van der Waals surface area contributed by atoms with E-state index >= 15 is 0 Å². The van der Waals surface area contributed by atoms with Crippen LogP contribution < -0.4 is 5.32 Å². The third-order valence-electron chi connectivity index (χ3n) is 3.49. The minimum atomic E-state index is -0.0120. The topological polar surface area (TPSA) is 41.6 Å². The van der Waals surface area contributed by atoms with Crippen LogP contribution in [0, 0.1) is 5.92 Å². The number of piperidine rings is 1. The van der Waals surface area contributed by atoms with Gasteiger partial charge in [-0.25, -0.2) is 0 Å². The van der Waals surface area contributed by atoms with Crippen molar-refractivity contribution in [3.8, 4) is 0 Å². The molecule has 0 aromatic rings. The van der Waals surface area contributed by atoms with Gasteiger partial charge in [0.15, 0.2) is 0 Å². The summed E-state index contributed by atoms with van der Waals surface area (Å²) in [5.41, 5.74) is 0. The molecule has 86 valence electrons. The predicted molar refractivity (Wildman–Crippen MR) is 57.6 cm³/mol. The molecule has 0 amide bonds. The van der Waals surface area contributed by atoms with E-state index in [1.807, 2.05) is 7.05 Å². The van der Waals surface area contributed by atoms with Gasteiger partial charge in [-0.05, 0) is 45.4 Å². The normalized spacial score (nSPS) is 29.4. The van der Waals surface area contributed by atoms with E-state index in [0.717, 1.165) is 32.0 Å². The zero-order valence-corrected chi connectivity index (χ0v) is 9.37. The summed E-state index contributed by atoms with van der Waals surface area (Å²) in [6.45, 7) is 3.81. The minimum absolute atomic E-state index is 0.0120. The van der Waals surface area contributed by atoms with Crippen molar-refractivity contribution in [2.45, 2.75) is 25.3 Å². The molecule has 4 heteroatoms. The van der Waals surface area contributed by atoms with E-state index < -0.39 is 0 Å². The fourth-order valence-electron chi connectivity index (χ4n) is 2.57. The third kappa shape index (κ3) is 2.49. The Morgan fingerprint density at radius 2 is 2.13 bits per heavy atom. The van der Waals surface area contributed by atoms with Gasteiger partial charge >= 0.3 is 5.97 Å². The number of carbonyl (C=O) groups excluding carboxylic acids is 1. The van der Waals surface area contributed by atoms with E-state index in [0.29, 0.717) is 6.61 Å². The summed E-state index contributed by atoms with van der Waals surface area (Å²) >= 11 is 0. The maximum atomic E-state index is 11.4. The molecule has 2 saturated heterocycles. The molecule has 0 aromatic heterocycles. The van der Waals surface area contributed by atoms with Crippen LogP contribution >= 0.6 is 0 Å². The number of hydrogen-bond donors (Lipinski definition) is 1. The van der Waals surface area contributed by atoms with Crippen molar-refractivity contribution in [2.75, 3.05) is 33.3 Å². The number of likely N-dealkylation sites (tertiary alicyclic amines) is 1. The Morgan fingerprint density at radius 1 is 1.40 bits per heavy atom. The number of cyclic esters (lactones) is 1. The highest BCUT2D eigenvalue weighted by atomic mass is 16.5. The maximum absolute atomic E-state index is 11.4. The second-order valence-corrected chi connectivity index (χ2v) is 4.51. The summed E-state index contributed by atoms with van der Waals surface area (Å²) in [6.07, 6.45) is 3.28. The molecule has 0 aliphatic carbocycles. The van der Waals surface area contributed by atoms with Crippen LogP contribution in [-0.2, 0) is 9.53 Å². The largest absolute Gasteiger partial charge is 0.464 e. The van der Waals surface area contributed by atoms with Crippen LogP contribution in [0.25, 0.3) is 0 Å². The molecule has 2 rings (SSSR count). The molecule has 2 aliphatic rings. The summed E-state index contributed by atoms with van der Waals surface area (Å²) in [6, 6.07) is 0.0561. The van der Waals surface area contributed by atoms with Crippen molar-refractivity contribution >= 4 is 5.97 Å². The van der Waals surface area contributed by atoms with Gasteiger partial charge in [-0.3, -0.25) is 9.69 Å². The minimum Gasteiger partial charge on any atom is -0.464 e. The zero-order chi connectivity index (χ0) is 10.7. The van der Waals surface area contributed by atoms with Crippen LogP contribution in [0.1, 0.15) is 19.3 Å². The van der Waals surface area contributed by atoms with Gasteiger partial charge in [0.25, 0.3) is 0 Å². The summed E-state index contributed by atoms with van der Waals surface area (Å²) < 4.78 is 5.00. The molecule has 0 radical (unpaired) electrons. The number of hydrogen-bond acceptors (Lipinski definition) is 4. The van der Waals surface area contributed by atoms with Gasteiger partial charge in [-0.15, -0.1) is 0 Å². The zero-order valence-electron chi connectivity index (χ0n) is 9.37. The van der Waals surface area contributed by atoms with Gasteiger partial charge in [0.1, 0.15) is 6.04 Å². The van der Waals surface area contributed by atoms with Crippen LogP contribution in [0.3, 0.4) is 0 Å². The second kappa shape index (κ2) is 4.94. The van der Waals surface area contributed by atoms with Crippen molar-refractivity contribution in [3.05, 3.63) is 0 Å². The van der Waals surface area contributed by atoms with E-state index in [9.17, 15) is 4.79 Å². The smallest absolute Gasteiger partial charge is 0.323 e. The molecule has 1 N–H and O–H groups in total.